The number of ketones is 2. The Kier molecular flexibility index (Phi) is 5.25. The standard InChI is InChI=1S/C23H22N2O4/c26-17-9-11-20(21(27)12-10-17)25-14-19-16(7-4-8-18(19)23(25)29)13-24-22(28)15-5-2-1-3-6-15/h1-8,20H,9-14H2,(H,24,28). The maximum Gasteiger partial charge on any atom is 0.255 e. The first-order valence-electron chi connectivity index (χ1n) is 9.84. The molecule has 1 fully saturated rings. The fraction of sp³-hybridized carbons (Fsp3) is 0.304. The fourth-order valence-electron chi connectivity index (χ4n) is 4.05. The summed E-state index contributed by atoms with van der Waals surface area (Å²) in [6.07, 6.45) is 1.18. The molecule has 0 radical (unpaired) electrons. The lowest BCUT2D eigenvalue weighted by Crippen LogP contribution is -2.40. The molecule has 1 aliphatic heterocycles. The molecule has 2 aromatic carbocycles. The Morgan fingerprint density at radius 2 is 1.76 bits per heavy atom. The summed E-state index contributed by atoms with van der Waals surface area (Å²) in [4.78, 5) is 51.1. The summed E-state index contributed by atoms with van der Waals surface area (Å²) >= 11 is 0. The molecule has 0 aromatic heterocycles. The number of hydrogen-bond acceptors (Lipinski definition) is 4. The third-order valence-corrected chi connectivity index (χ3v) is 5.66. The number of amides is 2. The highest BCUT2D eigenvalue weighted by Crippen LogP contribution is 2.30. The van der Waals surface area contributed by atoms with E-state index in [0.29, 0.717) is 37.1 Å². The molecule has 1 heterocycles. The number of Topliss-reactive ketones (excluding diaryl/α,β-unsaturated/α-hetero) is 2. The molecule has 2 aromatic rings. The van der Waals surface area contributed by atoms with Crippen molar-refractivity contribution in [3.05, 3.63) is 70.8 Å². The minimum Gasteiger partial charge on any atom is -0.348 e. The molecule has 6 nitrogen and oxygen atoms in total. The van der Waals surface area contributed by atoms with Gasteiger partial charge in [-0.3, -0.25) is 19.2 Å². The Balaban J connectivity index is 1.51. The smallest absolute Gasteiger partial charge is 0.255 e. The van der Waals surface area contributed by atoms with E-state index in [9.17, 15) is 19.2 Å². The van der Waals surface area contributed by atoms with Crippen LogP contribution in [-0.2, 0) is 22.7 Å². The molecule has 4 rings (SSSR count). The maximum absolute atomic E-state index is 12.9. The molecule has 1 atom stereocenters. The van der Waals surface area contributed by atoms with Crippen LogP contribution in [0, 0.1) is 0 Å². The predicted octanol–water partition coefficient (Wildman–Crippen LogP) is 2.65. The second-order valence-electron chi connectivity index (χ2n) is 7.48. The fourth-order valence-corrected chi connectivity index (χ4v) is 4.05. The summed E-state index contributed by atoms with van der Waals surface area (Å²) in [5.74, 6) is -0.323. The lowest BCUT2D eigenvalue weighted by molar-refractivity contribution is -0.124. The van der Waals surface area contributed by atoms with Gasteiger partial charge in [-0.2, -0.15) is 0 Å². The molecule has 0 saturated heterocycles. The average Bonchev–Trinajstić information content (AvgIpc) is 2.98. The van der Waals surface area contributed by atoms with Gasteiger partial charge in [0.15, 0.2) is 5.78 Å². The third kappa shape index (κ3) is 3.83. The van der Waals surface area contributed by atoms with Crippen molar-refractivity contribution < 1.29 is 19.2 Å². The van der Waals surface area contributed by atoms with Crippen molar-refractivity contribution in [2.45, 2.75) is 44.8 Å². The highest BCUT2D eigenvalue weighted by atomic mass is 16.2. The van der Waals surface area contributed by atoms with Gasteiger partial charge >= 0.3 is 0 Å². The minimum atomic E-state index is -0.548. The van der Waals surface area contributed by atoms with Crippen molar-refractivity contribution in [1.82, 2.24) is 10.2 Å². The van der Waals surface area contributed by atoms with Crippen LogP contribution in [0.4, 0.5) is 0 Å². The largest absolute Gasteiger partial charge is 0.348 e. The number of carbonyl (C=O) groups is 4. The van der Waals surface area contributed by atoms with Gasteiger partial charge in [-0.1, -0.05) is 30.3 Å². The van der Waals surface area contributed by atoms with E-state index in [2.05, 4.69) is 5.32 Å². The lowest BCUT2D eigenvalue weighted by Gasteiger charge is -2.25. The van der Waals surface area contributed by atoms with Gasteiger partial charge in [0.2, 0.25) is 0 Å². The predicted molar refractivity (Wildman–Crippen MR) is 106 cm³/mol. The molecule has 6 heteroatoms. The van der Waals surface area contributed by atoms with E-state index in [4.69, 9.17) is 0 Å². The van der Waals surface area contributed by atoms with Crippen LogP contribution in [0.1, 0.15) is 57.5 Å². The number of rotatable bonds is 4. The van der Waals surface area contributed by atoms with E-state index in [-0.39, 0.29) is 36.2 Å². The van der Waals surface area contributed by atoms with Crippen molar-refractivity contribution in [2.24, 2.45) is 0 Å². The van der Waals surface area contributed by atoms with E-state index >= 15 is 0 Å². The molecule has 29 heavy (non-hydrogen) atoms. The summed E-state index contributed by atoms with van der Waals surface area (Å²) in [6.45, 7) is 0.630. The number of nitrogens with one attached hydrogen (secondary N) is 1. The van der Waals surface area contributed by atoms with Crippen LogP contribution in [0.3, 0.4) is 0 Å². The Morgan fingerprint density at radius 1 is 0.966 bits per heavy atom. The van der Waals surface area contributed by atoms with Gasteiger partial charge < -0.3 is 10.2 Å². The van der Waals surface area contributed by atoms with Crippen molar-refractivity contribution in [3.63, 3.8) is 0 Å². The summed E-state index contributed by atoms with van der Waals surface area (Å²) < 4.78 is 0. The van der Waals surface area contributed by atoms with E-state index < -0.39 is 6.04 Å². The average molecular weight is 390 g/mol. The number of nitrogens with zero attached hydrogens (tertiary/aromatic N) is 1. The van der Waals surface area contributed by atoms with Crippen LogP contribution in [0.5, 0.6) is 0 Å². The molecule has 1 saturated carbocycles. The first-order valence-corrected chi connectivity index (χ1v) is 9.84. The van der Waals surface area contributed by atoms with Gasteiger partial charge in [0.25, 0.3) is 11.8 Å². The van der Waals surface area contributed by atoms with Crippen LogP contribution in [0.15, 0.2) is 48.5 Å². The molecular formula is C23H22N2O4. The first kappa shape index (κ1) is 19.1. The molecule has 1 aliphatic carbocycles. The summed E-state index contributed by atoms with van der Waals surface area (Å²) in [7, 11) is 0. The zero-order chi connectivity index (χ0) is 20.4. The molecule has 0 spiro atoms. The van der Waals surface area contributed by atoms with E-state index in [1.807, 2.05) is 12.1 Å². The molecule has 148 valence electrons. The maximum atomic E-state index is 12.9. The van der Waals surface area contributed by atoms with Crippen LogP contribution in [-0.4, -0.2) is 34.3 Å². The van der Waals surface area contributed by atoms with Crippen molar-refractivity contribution >= 4 is 23.4 Å². The van der Waals surface area contributed by atoms with E-state index in [1.54, 1.807) is 41.3 Å². The molecular weight excluding hydrogens is 368 g/mol. The Hall–Kier alpha value is -3.28. The highest BCUT2D eigenvalue weighted by molar-refractivity contribution is 6.02. The number of carbonyl (C=O) groups excluding carboxylic acids is 4. The normalized spacial score (nSPS) is 19.1. The van der Waals surface area contributed by atoms with Crippen LogP contribution < -0.4 is 5.32 Å². The quantitative estimate of drug-likeness (QED) is 0.814. The Bertz CT molecular complexity index is 984. The Morgan fingerprint density at radius 3 is 2.55 bits per heavy atom. The van der Waals surface area contributed by atoms with Crippen LogP contribution >= 0.6 is 0 Å². The summed E-state index contributed by atoms with van der Waals surface area (Å²) in [6, 6.07) is 13.8. The molecule has 2 amide bonds. The molecule has 1 N–H and O–H groups in total. The molecule has 1 unspecified atom stereocenters. The minimum absolute atomic E-state index is 0.0454. The topological polar surface area (TPSA) is 83.6 Å². The molecule has 2 aliphatic rings. The van der Waals surface area contributed by atoms with Crippen LogP contribution in [0.2, 0.25) is 0 Å². The second kappa shape index (κ2) is 7.99. The zero-order valence-corrected chi connectivity index (χ0v) is 16.0. The van der Waals surface area contributed by atoms with Gasteiger partial charge in [0, 0.05) is 43.5 Å². The second-order valence-corrected chi connectivity index (χ2v) is 7.48. The number of benzene rings is 2. The summed E-state index contributed by atoms with van der Waals surface area (Å²) in [5.41, 5.74) is 2.85. The van der Waals surface area contributed by atoms with Gasteiger partial charge in [0.1, 0.15) is 5.78 Å². The van der Waals surface area contributed by atoms with Gasteiger partial charge in [0.05, 0.1) is 6.04 Å². The van der Waals surface area contributed by atoms with E-state index in [1.165, 1.54) is 0 Å². The van der Waals surface area contributed by atoms with Crippen LogP contribution in [0.25, 0.3) is 0 Å². The monoisotopic (exact) mass is 390 g/mol. The SMILES string of the molecule is O=C1CCC(=O)C(N2Cc3c(CNC(=O)c4ccccc4)cccc3C2=O)CC1. The summed E-state index contributed by atoms with van der Waals surface area (Å²) in [5, 5.41) is 2.90. The number of hydrogen-bond donors (Lipinski definition) is 1. The van der Waals surface area contributed by atoms with Gasteiger partial charge in [-0.15, -0.1) is 0 Å². The van der Waals surface area contributed by atoms with E-state index in [0.717, 1.165) is 11.1 Å². The lowest BCUT2D eigenvalue weighted by atomic mass is 10.0. The van der Waals surface area contributed by atoms with Crippen molar-refractivity contribution in [1.29, 1.82) is 0 Å². The zero-order valence-electron chi connectivity index (χ0n) is 16.0. The van der Waals surface area contributed by atoms with Gasteiger partial charge in [-0.25, -0.2) is 0 Å². The Labute approximate surface area is 168 Å². The van der Waals surface area contributed by atoms with Crippen molar-refractivity contribution in [3.8, 4) is 0 Å². The van der Waals surface area contributed by atoms with Crippen molar-refractivity contribution in [2.75, 3.05) is 0 Å². The first-order chi connectivity index (χ1) is 14.0. The number of fused-ring (bicyclic) bond motifs is 1. The highest BCUT2D eigenvalue weighted by Gasteiger charge is 2.38. The molecule has 0 bridgehead atoms. The third-order valence-electron chi connectivity index (χ3n) is 5.66. The van der Waals surface area contributed by atoms with Gasteiger partial charge in [-0.05, 0) is 35.7 Å².